The number of amides is 2. The second-order valence-corrected chi connectivity index (χ2v) is 3.29. The van der Waals surface area contributed by atoms with E-state index in [4.69, 9.17) is 11.0 Å². The Kier molecular flexibility index (Phi) is 4.45. The number of benzene rings is 1. The summed E-state index contributed by atoms with van der Waals surface area (Å²) >= 11 is 0. The lowest BCUT2D eigenvalue weighted by Gasteiger charge is -2.07. The maximum absolute atomic E-state index is 10.9. The molecule has 2 amide bonds. The summed E-state index contributed by atoms with van der Waals surface area (Å²) in [5, 5.41) is 24.7. The van der Waals surface area contributed by atoms with Gasteiger partial charge in [-0.25, -0.2) is 4.79 Å². The molecule has 0 bridgehead atoms. The first kappa shape index (κ1) is 13.2. The number of nitrogens with zero attached hydrogens (tertiary/aromatic N) is 2. The highest BCUT2D eigenvalue weighted by atomic mass is 16.6. The highest BCUT2D eigenvalue weighted by molar-refractivity contribution is 5.72. The Morgan fingerprint density at radius 2 is 2.22 bits per heavy atom. The SMILES string of the molecule is N#Cc1cccc(NCCNC(N)=O)c1[N+](=O)[O-]. The minimum atomic E-state index is -0.669. The van der Waals surface area contributed by atoms with Gasteiger partial charge in [-0.2, -0.15) is 5.26 Å². The maximum atomic E-state index is 10.9. The molecule has 0 aliphatic rings. The van der Waals surface area contributed by atoms with E-state index in [-0.39, 0.29) is 30.0 Å². The predicted octanol–water partition coefficient (Wildman–Crippen LogP) is 0.547. The number of hydrogen-bond acceptors (Lipinski definition) is 5. The molecule has 0 aromatic heterocycles. The van der Waals surface area contributed by atoms with Crippen LogP contribution in [0.4, 0.5) is 16.2 Å². The average molecular weight is 249 g/mol. The van der Waals surface area contributed by atoms with Crippen molar-refractivity contribution in [3.8, 4) is 6.07 Å². The van der Waals surface area contributed by atoms with Gasteiger partial charge in [0.15, 0.2) is 0 Å². The molecule has 8 heteroatoms. The number of nitro benzene ring substituents is 1. The number of nitrogens with two attached hydrogens (primary N) is 1. The molecular formula is C10H11N5O3. The fraction of sp³-hybridized carbons (Fsp3) is 0.200. The lowest BCUT2D eigenvalue weighted by molar-refractivity contribution is -0.384. The molecule has 94 valence electrons. The van der Waals surface area contributed by atoms with E-state index >= 15 is 0 Å². The Labute approximate surface area is 103 Å². The molecule has 1 aromatic carbocycles. The van der Waals surface area contributed by atoms with Gasteiger partial charge in [-0.1, -0.05) is 6.07 Å². The Bertz CT molecular complexity index is 509. The number of nitriles is 1. The summed E-state index contributed by atoms with van der Waals surface area (Å²) in [5.41, 5.74) is 4.79. The Morgan fingerprint density at radius 1 is 1.50 bits per heavy atom. The van der Waals surface area contributed by atoms with Gasteiger partial charge < -0.3 is 16.4 Å². The number of carbonyl (C=O) groups is 1. The second-order valence-electron chi connectivity index (χ2n) is 3.29. The number of para-hydroxylation sites is 1. The van der Waals surface area contributed by atoms with E-state index in [1.54, 1.807) is 6.07 Å². The molecule has 0 saturated carbocycles. The topological polar surface area (TPSA) is 134 Å². The number of nitrogens with one attached hydrogen (secondary N) is 2. The molecule has 1 rings (SSSR count). The molecule has 0 radical (unpaired) electrons. The number of nitro groups is 1. The highest BCUT2D eigenvalue weighted by Crippen LogP contribution is 2.27. The third-order valence-corrected chi connectivity index (χ3v) is 2.08. The van der Waals surface area contributed by atoms with Crippen LogP contribution in [0, 0.1) is 21.4 Å². The lowest BCUT2D eigenvalue weighted by Crippen LogP contribution is -2.33. The molecule has 0 saturated heterocycles. The van der Waals surface area contributed by atoms with E-state index < -0.39 is 11.0 Å². The summed E-state index contributed by atoms with van der Waals surface area (Å²) in [6.07, 6.45) is 0. The van der Waals surface area contributed by atoms with Gasteiger partial charge >= 0.3 is 11.7 Å². The van der Waals surface area contributed by atoms with Gasteiger partial charge in [-0.15, -0.1) is 0 Å². The van der Waals surface area contributed by atoms with Crippen molar-refractivity contribution in [2.75, 3.05) is 18.4 Å². The van der Waals surface area contributed by atoms with Crippen LogP contribution >= 0.6 is 0 Å². The second kappa shape index (κ2) is 6.05. The standard InChI is InChI=1S/C10H11N5O3/c11-6-7-2-1-3-8(9(7)15(17)18)13-4-5-14-10(12)16/h1-3,13H,4-5H2,(H3,12,14,16). The lowest BCUT2D eigenvalue weighted by atomic mass is 10.1. The molecule has 0 fully saturated rings. The van der Waals surface area contributed by atoms with Gasteiger partial charge in [0.25, 0.3) is 0 Å². The van der Waals surface area contributed by atoms with Gasteiger partial charge in [0.05, 0.1) is 4.92 Å². The van der Waals surface area contributed by atoms with E-state index in [1.165, 1.54) is 18.2 Å². The van der Waals surface area contributed by atoms with Crippen molar-refractivity contribution < 1.29 is 9.72 Å². The van der Waals surface area contributed by atoms with E-state index in [9.17, 15) is 14.9 Å². The molecule has 18 heavy (non-hydrogen) atoms. The van der Waals surface area contributed by atoms with Crippen LogP contribution < -0.4 is 16.4 Å². The highest BCUT2D eigenvalue weighted by Gasteiger charge is 2.18. The van der Waals surface area contributed by atoms with Gasteiger partial charge in [0.2, 0.25) is 0 Å². The van der Waals surface area contributed by atoms with Crippen molar-refractivity contribution in [3.05, 3.63) is 33.9 Å². The largest absolute Gasteiger partial charge is 0.378 e. The molecule has 8 nitrogen and oxygen atoms in total. The summed E-state index contributed by atoms with van der Waals surface area (Å²) in [6.45, 7) is 0.488. The van der Waals surface area contributed by atoms with E-state index in [2.05, 4.69) is 10.6 Å². The quantitative estimate of drug-likeness (QED) is 0.398. The summed E-state index contributed by atoms with van der Waals surface area (Å²) in [6, 6.07) is 5.48. The number of anilines is 1. The smallest absolute Gasteiger partial charge is 0.312 e. The zero-order chi connectivity index (χ0) is 13.5. The van der Waals surface area contributed by atoms with Gasteiger partial charge in [0, 0.05) is 13.1 Å². The Morgan fingerprint density at radius 3 is 2.78 bits per heavy atom. The molecule has 0 unspecified atom stereocenters. The predicted molar refractivity (Wildman–Crippen MR) is 63.9 cm³/mol. The van der Waals surface area contributed by atoms with Crippen molar-refractivity contribution >= 4 is 17.4 Å². The van der Waals surface area contributed by atoms with Crippen LogP contribution in [-0.4, -0.2) is 24.0 Å². The fourth-order valence-corrected chi connectivity index (χ4v) is 1.36. The maximum Gasteiger partial charge on any atom is 0.312 e. The van der Waals surface area contributed by atoms with Crippen LogP contribution in [0.25, 0.3) is 0 Å². The molecule has 0 atom stereocenters. The van der Waals surface area contributed by atoms with Crippen molar-refractivity contribution in [1.82, 2.24) is 5.32 Å². The van der Waals surface area contributed by atoms with E-state index in [0.717, 1.165) is 0 Å². The van der Waals surface area contributed by atoms with Crippen molar-refractivity contribution in [2.24, 2.45) is 5.73 Å². The van der Waals surface area contributed by atoms with Crippen molar-refractivity contribution in [2.45, 2.75) is 0 Å². The van der Waals surface area contributed by atoms with Crippen LogP contribution in [0.3, 0.4) is 0 Å². The normalized spacial score (nSPS) is 9.28. The molecule has 0 aliphatic carbocycles. The summed E-state index contributed by atoms with van der Waals surface area (Å²) in [4.78, 5) is 20.7. The first-order valence-corrected chi connectivity index (χ1v) is 5.01. The van der Waals surface area contributed by atoms with Crippen molar-refractivity contribution in [1.29, 1.82) is 5.26 Å². The number of primary amides is 1. The van der Waals surface area contributed by atoms with Crippen LogP contribution in [0.1, 0.15) is 5.56 Å². The van der Waals surface area contributed by atoms with Gasteiger partial charge in [-0.3, -0.25) is 10.1 Å². The fourth-order valence-electron chi connectivity index (χ4n) is 1.36. The van der Waals surface area contributed by atoms with E-state index in [1.807, 2.05) is 0 Å². The average Bonchev–Trinajstić information content (AvgIpc) is 2.33. The number of rotatable bonds is 5. The van der Waals surface area contributed by atoms with Crippen molar-refractivity contribution in [3.63, 3.8) is 0 Å². The first-order chi connectivity index (χ1) is 8.56. The number of carbonyl (C=O) groups excluding carboxylic acids is 1. The van der Waals surface area contributed by atoms with Crippen LogP contribution in [0.5, 0.6) is 0 Å². The number of hydrogen-bond donors (Lipinski definition) is 3. The molecule has 4 N–H and O–H groups in total. The van der Waals surface area contributed by atoms with Crippen LogP contribution in [0.2, 0.25) is 0 Å². The van der Waals surface area contributed by atoms with E-state index in [0.29, 0.717) is 0 Å². The molecule has 0 spiro atoms. The monoisotopic (exact) mass is 249 g/mol. The first-order valence-electron chi connectivity index (χ1n) is 5.01. The minimum absolute atomic E-state index is 0.0205. The van der Waals surface area contributed by atoms with Gasteiger partial charge in [0.1, 0.15) is 17.3 Å². The summed E-state index contributed by atoms with van der Waals surface area (Å²) < 4.78 is 0. The third-order valence-electron chi connectivity index (χ3n) is 2.08. The summed E-state index contributed by atoms with van der Waals surface area (Å²) in [7, 11) is 0. The Balaban J connectivity index is 2.80. The van der Waals surface area contributed by atoms with Crippen LogP contribution in [-0.2, 0) is 0 Å². The van der Waals surface area contributed by atoms with Crippen LogP contribution in [0.15, 0.2) is 18.2 Å². The Hall–Kier alpha value is -2.82. The molecule has 1 aromatic rings. The minimum Gasteiger partial charge on any atom is -0.378 e. The molecule has 0 heterocycles. The molecule has 0 aliphatic heterocycles. The molecular weight excluding hydrogens is 238 g/mol. The zero-order valence-corrected chi connectivity index (χ0v) is 9.34. The third kappa shape index (κ3) is 3.34. The zero-order valence-electron chi connectivity index (χ0n) is 9.34. The summed E-state index contributed by atoms with van der Waals surface area (Å²) in [5.74, 6) is 0. The number of urea groups is 1. The van der Waals surface area contributed by atoms with Gasteiger partial charge in [-0.05, 0) is 12.1 Å².